The van der Waals surface area contributed by atoms with Crippen molar-refractivity contribution in [2.75, 3.05) is 17.2 Å². The average molecular weight is 442 g/mol. The summed E-state index contributed by atoms with van der Waals surface area (Å²) in [6.45, 7) is 2.32. The second-order valence-electron chi connectivity index (χ2n) is 5.78. The van der Waals surface area contributed by atoms with Gasteiger partial charge in [0.2, 0.25) is 0 Å². The molecule has 0 unspecified atom stereocenters. The van der Waals surface area contributed by atoms with Crippen LogP contribution in [0.5, 0.6) is 0 Å². The van der Waals surface area contributed by atoms with Gasteiger partial charge in [-0.25, -0.2) is 4.79 Å². The van der Waals surface area contributed by atoms with Gasteiger partial charge in [-0.1, -0.05) is 37.6 Å². The Morgan fingerprint density at radius 1 is 1.14 bits per heavy atom. The number of esters is 1. The molecular formula is C21H20BrN3O3. The number of hydrogen-bond donors (Lipinski definition) is 2. The van der Waals surface area contributed by atoms with E-state index >= 15 is 0 Å². The van der Waals surface area contributed by atoms with Gasteiger partial charge in [0.25, 0.3) is 5.91 Å². The molecule has 0 aromatic heterocycles. The zero-order valence-electron chi connectivity index (χ0n) is 15.4. The minimum absolute atomic E-state index is 0.134. The van der Waals surface area contributed by atoms with Crippen molar-refractivity contribution in [1.82, 2.24) is 0 Å². The Morgan fingerprint density at radius 2 is 1.82 bits per heavy atom. The van der Waals surface area contributed by atoms with Gasteiger partial charge in [0.1, 0.15) is 11.6 Å². The van der Waals surface area contributed by atoms with Gasteiger partial charge in [0, 0.05) is 10.7 Å². The second-order valence-corrected chi connectivity index (χ2v) is 6.64. The number of carbonyl (C=O) groups excluding carboxylic acids is 2. The molecule has 0 radical (unpaired) electrons. The molecule has 1 amide bonds. The van der Waals surface area contributed by atoms with E-state index in [1.807, 2.05) is 31.2 Å². The van der Waals surface area contributed by atoms with E-state index in [-0.39, 0.29) is 16.8 Å². The molecule has 0 aliphatic heterocycles. The Labute approximate surface area is 172 Å². The molecule has 0 saturated heterocycles. The first kappa shape index (κ1) is 21.2. The van der Waals surface area contributed by atoms with Crippen LogP contribution in [0.2, 0.25) is 0 Å². The maximum atomic E-state index is 12.5. The largest absolute Gasteiger partial charge is 0.462 e. The van der Waals surface area contributed by atoms with Crippen LogP contribution < -0.4 is 10.6 Å². The van der Waals surface area contributed by atoms with Crippen LogP contribution in [-0.2, 0) is 9.53 Å². The zero-order chi connectivity index (χ0) is 20.4. The van der Waals surface area contributed by atoms with Crippen molar-refractivity contribution in [2.24, 2.45) is 0 Å². The number of para-hydroxylation sites is 2. The normalized spacial score (nSPS) is 10.7. The standard InChI is InChI=1S/C21H20BrN3O3/c1-2-3-12-28-21(27)16-8-4-6-10-18(16)25-20(26)15(13-23)14-24-19-11-7-5-9-17(19)22/h4-11,14,24H,2-3,12H2,1H3,(H,25,26)/b15-14-. The Balaban J connectivity index is 2.12. The summed E-state index contributed by atoms with van der Waals surface area (Å²) < 4.78 is 6.00. The Kier molecular flexibility index (Phi) is 8.25. The molecule has 2 aromatic carbocycles. The number of amides is 1. The zero-order valence-corrected chi connectivity index (χ0v) is 17.0. The topological polar surface area (TPSA) is 91.2 Å². The molecule has 144 valence electrons. The predicted octanol–water partition coefficient (Wildman–Crippen LogP) is 4.86. The van der Waals surface area contributed by atoms with E-state index in [0.29, 0.717) is 12.3 Å². The van der Waals surface area contributed by atoms with E-state index in [0.717, 1.165) is 17.3 Å². The summed E-state index contributed by atoms with van der Waals surface area (Å²) in [6.07, 6.45) is 2.99. The highest BCUT2D eigenvalue weighted by molar-refractivity contribution is 9.10. The highest BCUT2D eigenvalue weighted by atomic mass is 79.9. The summed E-state index contributed by atoms with van der Waals surface area (Å²) in [6, 6.07) is 15.7. The van der Waals surface area contributed by atoms with Gasteiger partial charge >= 0.3 is 5.97 Å². The number of anilines is 2. The third kappa shape index (κ3) is 5.96. The van der Waals surface area contributed by atoms with Crippen molar-refractivity contribution < 1.29 is 14.3 Å². The molecule has 6 nitrogen and oxygen atoms in total. The lowest BCUT2D eigenvalue weighted by atomic mass is 10.1. The average Bonchev–Trinajstić information content (AvgIpc) is 2.70. The Hall–Kier alpha value is -3.11. The molecule has 2 aromatic rings. The number of nitriles is 1. The fourth-order valence-corrected chi connectivity index (χ4v) is 2.62. The number of halogens is 1. The van der Waals surface area contributed by atoms with Crippen LogP contribution in [0.1, 0.15) is 30.1 Å². The minimum Gasteiger partial charge on any atom is -0.462 e. The minimum atomic E-state index is -0.629. The Bertz CT molecular complexity index is 919. The number of rotatable bonds is 8. The van der Waals surface area contributed by atoms with E-state index in [1.165, 1.54) is 6.20 Å². The summed E-state index contributed by atoms with van der Waals surface area (Å²) in [5.74, 6) is -1.14. The smallest absolute Gasteiger partial charge is 0.340 e. The van der Waals surface area contributed by atoms with Crippen LogP contribution in [0.4, 0.5) is 11.4 Å². The fraction of sp³-hybridized carbons (Fsp3) is 0.190. The summed E-state index contributed by atoms with van der Waals surface area (Å²) >= 11 is 3.38. The molecule has 0 saturated carbocycles. The lowest BCUT2D eigenvalue weighted by Gasteiger charge is -2.11. The molecule has 0 atom stereocenters. The Morgan fingerprint density at radius 3 is 2.50 bits per heavy atom. The van der Waals surface area contributed by atoms with E-state index in [4.69, 9.17) is 4.74 Å². The molecule has 0 bridgehead atoms. The molecular weight excluding hydrogens is 422 g/mol. The van der Waals surface area contributed by atoms with E-state index in [9.17, 15) is 14.9 Å². The molecule has 0 heterocycles. The monoisotopic (exact) mass is 441 g/mol. The fourth-order valence-electron chi connectivity index (χ4n) is 2.22. The lowest BCUT2D eigenvalue weighted by molar-refractivity contribution is -0.112. The van der Waals surface area contributed by atoms with Crippen molar-refractivity contribution in [3.05, 3.63) is 70.3 Å². The van der Waals surface area contributed by atoms with Crippen LogP contribution in [0.3, 0.4) is 0 Å². The molecule has 0 fully saturated rings. The molecule has 0 spiro atoms. The summed E-state index contributed by atoms with van der Waals surface area (Å²) in [4.78, 5) is 24.7. The summed E-state index contributed by atoms with van der Waals surface area (Å²) in [7, 11) is 0. The SMILES string of the molecule is CCCCOC(=O)c1ccccc1NC(=O)/C(C#N)=C\Nc1ccccc1Br. The van der Waals surface area contributed by atoms with Crippen LogP contribution in [0.15, 0.2) is 64.8 Å². The van der Waals surface area contributed by atoms with Crippen LogP contribution in [0.25, 0.3) is 0 Å². The van der Waals surface area contributed by atoms with Crippen molar-refractivity contribution in [3.63, 3.8) is 0 Å². The third-order valence-corrected chi connectivity index (χ3v) is 4.43. The predicted molar refractivity (Wildman–Crippen MR) is 112 cm³/mol. The van der Waals surface area contributed by atoms with Crippen molar-refractivity contribution >= 4 is 39.2 Å². The van der Waals surface area contributed by atoms with Crippen molar-refractivity contribution in [3.8, 4) is 6.07 Å². The maximum Gasteiger partial charge on any atom is 0.340 e. The first-order valence-corrected chi connectivity index (χ1v) is 9.55. The van der Waals surface area contributed by atoms with Crippen molar-refractivity contribution in [2.45, 2.75) is 19.8 Å². The van der Waals surface area contributed by atoms with Gasteiger partial charge in [0.15, 0.2) is 0 Å². The number of benzene rings is 2. The van der Waals surface area contributed by atoms with Gasteiger partial charge in [-0.3, -0.25) is 4.79 Å². The number of nitrogens with zero attached hydrogens (tertiary/aromatic N) is 1. The van der Waals surface area contributed by atoms with Gasteiger partial charge in [0.05, 0.1) is 23.5 Å². The first-order chi connectivity index (χ1) is 13.6. The number of unbranched alkanes of at least 4 members (excludes halogenated alkanes) is 1. The summed E-state index contributed by atoms with van der Waals surface area (Å²) in [5, 5.41) is 14.8. The third-order valence-electron chi connectivity index (χ3n) is 3.74. The number of nitrogens with one attached hydrogen (secondary N) is 2. The number of ether oxygens (including phenoxy) is 1. The number of hydrogen-bond acceptors (Lipinski definition) is 5. The van der Waals surface area contributed by atoms with Gasteiger partial charge in [-0.05, 0) is 46.6 Å². The molecule has 2 rings (SSSR count). The summed E-state index contributed by atoms with van der Waals surface area (Å²) in [5.41, 5.74) is 1.10. The quantitative estimate of drug-likeness (QED) is 0.264. The van der Waals surface area contributed by atoms with Crippen LogP contribution in [-0.4, -0.2) is 18.5 Å². The molecule has 2 N–H and O–H groups in total. The molecule has 28 heavy (non-hydrogen) atoms. The van der Waals surface area contributed by atoms with Gasteiger partial charge in [-0.15, -0.1) is 0 Å². The van der Waals surface area contributed by atoms with Crippen LogP contribution in [0, 0.1) is 11.3 Å². The first-order valence-electron chi connectivity index (χ1n) is 8.75. The van der Waals surface area contributed by atoms with E-state index < -0.39 is 11.9 Å². The van der Waals surface area contributed by atoms with E-state index in [2.05, 4.69) is 26.6 Å². The van der Waals surface area contributed by atoms with E-state index in [1.54, 1.807) is 30.3 Å². The molecule has 0 aliphatic rings. The highest BCUT2D eigenvalue weighted by Gasteiger charge is 2.16. The van der Waals surface area contributed by atoms with Crippen molar-refractivity contribution in [1.29, 1.82) is 5.26 Å². The second kappa shape index (κ2) is 10.9. The maximum absolute atomic E-state index is 12.5. The molecule has 0 aliphatic carbocycles. The van der Waals surface area contributed by atoms with Crippen LogP contribution >= 0.6 is 15.9 Å². The molecule has 7 heteroatoms. The van der Waals surface area contributed by atoms with Gasteiger partial charge < -0.3 is 15.4 Å². The number of carbonyl (C=O) groups is 2. The lowest BCUT2D eigenvalue weighted by Crippen LogP contribution is -2.18. The highest BCUT2D eigenvalue weighted by Crippen LogP contribution is 2.22. The van der Waals surface area contributed by atoms with Gasteiger partial charge in [-0.2, -0.15) is 5.26 Å².